The SMILES string of the molecule is CC(N)=NCc1ccc(CCCC(N)=O)cc1. The molecule has 1 aromatic carbocycles. The fourth-order valence-corrected chi connectivity index (χ4v) is 1.49. The molecule has 92 valence electrons. The molecule has 0 heterocycles. The Labute approximate surface area is 102 Å². The van der Waals surface area contributed by atoms with Gasteiger partial charge in [-0.1, -0.05) is 24.3 Å². The molecule has 4 nitrogen and oxygen atoms in total. The van der Waals surface area contributed by atoms with Gasteiger partial charge >= 0.3 is 0 Å². The maximum Gasteiger partial charge on any atom is 0.217 e. The third kappa shape index (κ3) is 5.70. The van der Waals surface area contributed by atoms with Crippen LogP contribution in [0.3, 0.4) is 0 Å². The fraction of sp³-hybridized carbons (Fsp3) is 0.385. The third-order valence-corrected chi connectivity index (χ3v) is 2.42. The highest BCUT2D eigenvalue weighted by Crippen LogP contribution is 2.08. The first-order valence-electron chi connectivity index (χ1n) is 5.70. The number of carbonyl (C=O) groups excluding carboxylic acids is 1. The van der Waals surface area contributed by atoms with Crippen LogP contribution in [-0.4, -0.2) is 11.7 Å². The molecule has 0 spiro atoms. The number of primary amides is 1. The van der Waals surface area contributed by atoms with Gasteiger partial charge in [-0.25, -0.2) is 0 Å². The van der Waals surface area contributed by atoms with Crippen molar-refractivity contribution < 1.29 is 4.79 Å². The number of aliphatic imine (C=N–C) groups is 1. The number of amidine groups is 1. The van der Waals surface area contributed by atoms with Gasteiger partial charge in [-0.05, 0) is 30.9 Å². The minimum atomic E-state index is -0.241. The number of nitrogens with two attached hydrogens (primary N) is 2. The van der Waals surface area contributed by atoms with Gasteiger partial charge in [0, 0.05) is 6.42 Å². The van der Waals surface area contributed by atoms with E-state index in [1.165, 1.54) is 5.56 Å². The highest BCUT2D eigenvalue weighted by Gasteiger charge is 1.97. The van der Waals surface area contributed by atoms with Crippen molar-refractivity contribution in [1.29, 1.82) is 0 Å². The van der Waals surface area contributed by atoms with Crippen LogP contribution in [0, 0.1) is 0 Å². The summed E-state index contributed by atoms with van der Waals surface area (Å²) >= 11 is 0. The largest absolute Gasteiger partial charge is 0.388 e. The van der Waals surface area contributed by atoms with Crippen LogP contribution in [0.2, 0.25) is 0 Å². The second kappa shape index (κ2) is 6.68. The lowest BCUT2D eigenvalue weighted by molar-refractivity contribution is -0.118. The second-order valence-corrected chi connectivity index (χ2v) is 4.09. The highest BCUT2D eigenvalue weighted by atomic mass is 16.1. The lowest BCUT2D eigenvalue weighted by Crippen LogP contribution is -2.10. The summed E-state index contributed by atoms with van der Waals surface area (Å²) in [5.41, 5.74) is 12.9. The van der Waals surface area contributed by atoms with Gasteiger partial charge in [0.1, 0.15) is 0 Å². The van der Waals surface area contributed by atoms with E-state index in [1.807, 2.05) is 12.1 Å². The molecule has 0 atom stereocenters. The van der Waals surface area contributed by atoms with Crippen LogP contribution in [0.25, 0.3) is 0 Å². The van der Waals surface area contributed by atoms with E-state index in [0.29, 0.717) is 18.8 Å². The molecule has 0 radical (unpaired) electrons. The number of rotatable bonds is 6. The molecule has 4 N–H and O–H groups in total. The van der Waals surface area contributed by atoms with Crippen molar-refractivity contribution in [2.75, 3.05) is 0 Å². The van der Waals surface area contributed by atoms with E-state index in [-0.39, 0.29) is 5.91 Å². The molecule has 0 aliphatic rings. The second-order valence-electron chi connectivity index (χ2n) is 4.09. The van der Waals surface area contributed by atoms with Crippen LogP contribution in [0.5, 0.6) is 0 Å². The summed E-state index contributed by atoms with van der Waals surface area (Å²) in [6, 6.07) is 8.17. The molecule has 0 saturated carbocycles. The number of nitrogens with zero attached hydrogens (tertiary/aromatic N) is 1. The standard InChI is InChI=1S/C13H19N3O/c1-10(14)16-9-12-7-5-11(6-8-12)3-2-4-13(15)17/h5-8H,2-4,9H2,1H3,(H2,14,16)(H2,15,17). The summed E-state index contributed by atoms with van der Waals surface area (Å²) in [6.45, 7) is 2.39. The molecular weight excluding hydrogens is 214 g/mol. The zero-order chi connectivity index (χ0) is 12.7. The minimum absolute atomic E-state index is 0.241. The molecule has 0 saturated heterocycles. The van der Waals surface area contributed by atoms with Crippen LogP contribution in [0.1, 0.15) is 30.9 Å². The third-order valence-electron chi connectivity index (χ3n) is 2.42. The minimum Gasteiger partial charge on any atom is -0.388 e. The molecule has 17 heavy (non-hydrogen) atoms. The Morgan fingerprint density at radius 2 is 1.76 bits per heavy atom. The van der Waals surface area contributed by atoms with Gasteiger partial charge in [0.2, 0.25) is 5.91 Å². The summed E-state index contributed by atoms with van der Waals surface area (Å²) in [7, 11) is 0. The van der Waals surface area contributed by atoms with Crippen molar-refractivity contribution in [1.82, 2.24) is 0 Å². The topological polar surface area (TPSA) is 81.5 Å². The predicted molar refractivity (Wildman–Crippen MR) is 69.6 cm³/mol. The summed E-state index contributed by atoms with van der Waals surface area (Å²) in [5.74, 6) is 0.352. The maximum atomic E-state index is 10.6. The smallest absolute Gasteiger partial charge is 0.217 e. The lowest BCUT2D eigenvalue weighted by Gasteiger charge is -2.02. The van der Waals surface area contributed by atoms with Gasteiger partial charge < -0.3 is 11.5 Å². The Bertz CT molecular complexity index is 392. The van der Waals surface area contributed by atoms with E-state index in [4.69, 9.17) is 11.5 Å². The molecule has 0 aliphatic carbocycles. The summed E-state index contributed by atoms with van der Waals surface area (Å²) in [6.07, 6.45) is 2.12. The van der Waals surface area contributed by atoms with Gasteiger partial charge in [0.05, 0.1) is 12.4 Å². The Morgan fingerprint density at radius 1 is 1.18 bits per heavy atom. The number of hydrogen-bond acceptors (Lipinski definition) is 2. The summed E-state index contributed by atoms with van der Waals surface area (Å²) in [4.78, 5) is 14.7. The lowest BCUT2D eigenvalue weighted by atomic mass is 10.1. The normalized spacial score (nSPS) is 11.5. The van der Waals surface area contributed by atoms with Crippen molar-refractivity contribution in [3.63, 3.8) is 0 Å². The molecule has 0 aromatic heterocycles. The molecule has 1 amide bonds. The first-order valence-corrected chi connectivity index (χ1v) is 5.70. The van der Waals surface area contributed by atoms with Crippen LogP contribution in [-0.2, 0) is 17.8 Å². The van der Waals surface area contributed by atoms with Gasteiger partial charge in [0.25, 0.3) is 0 Å². The van der Waals surface area contributed by atoms with Gasteiger partial charge in [0.15, 0.2) is 0 Å². The van der Waals surface area contributed by atoms with Crippen molar-refractivity contribution in [2.24, 2.45) is 16.5 Å². The van der Waals surface area contributed by atoms with Crippen molar-refractivity contribution in [2.45, 2.75) is 32.7 Å². The average molecular weight is 233 g/mol. The number of amides is 1. The molecule has 0 unspecified atom stereocenters. The predicted octanol–water partition coefficient (Wildman–Crippen LogP) is 1.37. The summed E-state index contributed by atoms with van der Waals surface area (Å²) in [5, 5.41) is 0. The van der Waals surface area contributed by atoms with E-state index in [0.717, 1.165) is 18.4 Å². The summed E-state index contributed by atoms with van der Waals surface area (Å²) < 4.78 is 0. The Hall–Kier alpha value is -1.84. The average Bonchev–Trinajstić information content (AvgIpc) is 2.27. The zero-order valence-corrected chi connectivity index (χ0v) is 10.1. The molecular formula is C13H19N3O. The van der Waals surface area contributed by atoms with Crippen molar-refractivity contribution in [3.8, 4) is 0 Å². The fourth-order valence-electron chi connectivity index (χ4n) is 1.49. The zero-order valence-electron chi connectivity index (χ0n) is 10.1. The van der Waals surface area contributed by atoms with E-state index < -0.39 is 0 Å². The Morgan fingerprint density at radius 3 is 2.29 bits per heavy atom. The molecule has 1 aromatic rings. The first-order chi connectivity index (χ1) is 8.08. The van der Waals surface area contributed by atoms with Crippen LogP contribution in [0.15, 0.2) is 29.3 Å². The Kier molecular flexibility index (Phi) is 5.20. The van der Waals surface area contributed by atoms with E-state index in [9.17, 15) is 4.79 Å². The molecule has 0 bridgehead atoms. The number of hydrogen-bond donors (Lipinski definition) is 2. The van der Waals surface area contributed by atoms with Crippen LogP contribution >= 0.6 is 0 Å². The van der Waals surface area contributed by atoms with Crippen LogP contribution < -0.4 is 11.5 Å². The number of benzene rings is 1. The number of carbonyl (C=O) groups is 1. The van der Waals surface area contributed by atoms with Crippen molar-refractivity contribution in [3.05, 3.63) is 35.4 Å². The van der Waals surface area contributed by atoms with E-state index in [2.05, 4.69) is 17.1 Å². The first kappa shape index (κ1) is 13.2. The highest BCUT2D eigenvalue weighted by molar-refractivity contribution is 5.77. The van der Waals surface area contributed by atoms with E-state index >= 15 is 0 Å². The quantitative estimate of drug-likeness (QED) is 0.574. The van der Waals surface area contributed by atoms with Crippen molar-refractivity contribution >= 4 is 11.7 Å². The Balaban J connectivity index is 2.44. The monoisotopic (exact) mass is 233 g/mol. The van der Waals surface area contributed by atoms with Gasteiger partial charge in [-0.15, -0.1) is 0 Å². The molecule has 4 heteroatoms. The van der Waals surface area contributed by atoms with Gasteiger partial charge in [-0.3, -0.25) is 9.79 Å². The maximum absolute atomic E-state index is 10.6. The van der Waals surface area contributed by atoms with E-state index in [1.54, 1.807) is 6.92 Å². The molecule has 0 aliphatic heterocycles. The molecule has 0 fully saturated rings. The number of aryl methyl sites for hydroxylation is 1. The van der Waals surface area contributed by atoms with Gasteiger partial charge in [-0.2, -0.15) is 0 Å². The molecule has 1 rings (SSSR count). The van der Waals surface area contributed by atoms with Crippen LogP contribution in [0.4, 0.5) is 0 Å².